The third-order valence-corrected chi connectivity index (χ3v) is 4.88. The van der Waals surface area contributed by atoms with Crippen LogP contribution in [0.15, 0.2) is 0 Å². The van der Waals surface area contributed by atoms with Gasteiger partial charge >= 0.3 is 0 Å². The number of nitrogens with one attached hydrogen (secondary N) is 1. The van der Waals surface area contributed by atoms with Gasteiger partial charge in [-0.05, 0) is 45.3 Å². The monoisotopic (exact) mass is 265 g/mol. The summed E-state index contributed by atoms with van der Waals surface area (Å²) in [5, 5.41) is 4.79. The van der Waals surface area contributed by atoms with Crippen LogP contribution in [-0.4, -0.2) is 29.5 Å². The van der Waals surface area contributed by atoms with Crippen molar-refractivity contribution in [3.8, 4) is 0 Å². The summed E-state index contributed by atoms with van der Waals surface area (Å²) >= 11 is 1.94. The first-order valence-electron chi connectivity index (χ1n) is 7.28. The Balaban J connectivity index is 1.69. The largest absolute Gasteiger partial charge is 0.312 e. The van der Waals surface area contributed by atoms with Crippen molar-refractivity contribution in [2.24, 2.45) is 0 Å². The molecule has 1 aliphatic carbocycles. The quantitative estimate of drug-likeness (QED) is 0.857. The molecule has 3 nitrogen and oxygen atoms in total. The molecule has 1 saturated carbocycles. The first kappa shape index (κ1) is 12.6. The zero-order valence-electron chi connectivity index (χ0n) is 11.2. The van der Waals surface area contributed by atoms with Crippen LogP contribution in [0.5, 0.6) is 0 Å². The Morgan fingerprint density at radius 2 is 2.11 bits per heavy atom. The van der Waals surface area contributed by atoms with Gasteiger partial charge in [-0.3, -0.25) is 4.90 Å². The molecule has 0 bridgehead atoms. The fourth-order valence-electron chi connectivity index (χ4n) is 2.65. The Morgan fingerprint density at radius 3 is 2.78 bits per heavy atom. The number of aromatic nitrogens is 1. The van der Waals surface area contributed by atoms with E-state index in [-0.39, 0.29) is 0 Å². The summed E-state index contributed by atoms with van der Waals surface area (Å²) in [6, 6.07) is 0. The van der Waals surface area contributed by atoms with Crippen molar-refractivity contribution >= 4 is 11.3 Å². The molecule has 18 heavy (non-hydrogen) atoms. The highest BCUT2D eigenvalue weighted by molar-refractivity contribution is 7.11. The van der Waals surface area contributed by atoms with E-state index in [9.17, 15) is 0 Å². The summed E-state index contributed by atoms with van der Waals surface area (Å²) in [5.74, 6) is 0.780. The van der Waals surface area contributed by atoms with Crippen LogP contribution in [0, 0.1) is 0 Å². The zero-order chi connectivity index (χ0) is 12.4. The molecular formula is C14H23N3S. The molecule has 2 heterocycles. The highest BCUT2D eigenvalue weighted by atomic mass is 32.1. The molecular weight excluding hydrogens is 242 g/mol. The predicted molar refractivity (Wildman–Crippen MR) is 76.0 cm³/mol. The minimum atomic E-state index is 0.780. The lowest BCUT2D eigenvalue weighted by Crippen LogP contribution is -2.18. The van der Waals surface area contributed by atoms with E-state index < -0.39 is 0 Å². The molecule has 2 aliphatic rings. The fraction of sp³-hybridized carbons (Fsp3) is 0.786. The van der Waals surface area contributed by atoms with Crippen LogP contribution in [0.25, 0.3) is 0 Å². The van der Waals surface area contributed by atoms with Crippen LogP contribution in [-0.2, 0) is 13.1 Å². The van der Waals surface area contributed by atoms with Crippen LogP contribution < -0.4 is 5.32 Å². The molecule has 4 heteroatoms. The van der Waals surface area contributed by atoms with Crippen molar-refractivity contribution in [2.45, 2.75) is 51.6 Å². The van der Waals surface area contributed by atoms with Crippen molar-refractivity contribution < 1.29 is 0 Å². The molecule has 100 valence electrons. The van der Waals surface area contributed by atoms with E-state index in [1.807, 2.05) is 11.3 Å². The molecule has 1 aromatic heterocycles. The molecule has 0 amide bonds. The maximum absolute atomic E-state index is 4.93. The minimum absolute atomic E-state index is 0.780. The predicted octanol–water partition coefficient (Wildman–Crippen LogP) is 2.73. The summed E-state index contributed by atoms with van der Waals surface area (Å²) in [4.78, 5) is 8.97. The Bertz CT molecular complexity index is 392. The number of thiazole rings is 1. The van der Waals surface area contributed by atoms with Crippen LogP contribution >= 0.6 is 11.3 Å². The van der Waals surface area contributed by atoms with Crippen molar-refractivity contribution in [1.82, 2.24) is 15.2 Å². The highest BCUT2D eigenvalue weighted by Gasteiger charge is 2.29. The summed E-state index contributed by atoms with van der Waals surface area (Å²) in [5.41, 5.74) is 1.41. The average Bonchev–Trinajstić information content (AvgIpc) is 2.94. The zero-order valence-corrected chi connectivity index (χ0v) is 12.1. The topological polar surface area (TPSA) is 28.2 Å². The lowest BCUT2D eigenvalue weighted by Gasteiger charge is -2.11. The summed E-state index contributed by atoms with van der Waals surface area (Å²) in [6.45, 7) is 7.84. The Morgan fingerprint density at radius 1 is 1.33 bits per heavy atom. The number of likely N-dealkylation sites (tertiary alicyclic amines) is 1. The molecule has 3 rings (SSSR count). The molecule has 0 radical (unpaired) electrons. The first-order valence-corrected chi connectivity index (χ1v) is 8.10. The normalized spacial score (nSPS) is 20.7. The molecule has 0 unspecified atom stereocenters. The molecule has 0 spiro atoms. The second kappa shape index (κ2) is 5.68. The van der Waals surface area contributed by atoms with Crippen molar-refractivity contribution in [2.75, 3.05) is 19.6 Å². The molecule has 0 aromatic carbocycles. The Hall–Kier alpha value is -0.450. The standard InChI is InChI=1S/C14H23N3S/c1-2-15-9-12-14(11-5-6-11)16-13(18-12)10-17-7-3-4-8-17/h11,15H,2-10H2,1H3. The third-order valence-electron chi connectivity index (χ3n) is 3.83. The van der Waals surface area contributed by atoms with Gasteiger partial charge in [0.15, 0.2) is 0 Å². The maximum Gasteiger partial charge on any atom is 0.107 e. The van der Waals surface area contributed by atoms with E-state index in [4.69, 9.17) is 4.98 Å². The molecule has 1 N–H and O–H groups in total. The second-order valence-electron chi connectivity index (χ2n) is 5.45. The summed E-state index contributed by atoms with van der Waals surface area (Å²) in [7, 11) is 0. The van der Waals surface area contributed by atoms with Crippen LogP contribution in [0.3, 0.4) is 0 Å². The van der Waals surface area contributed by atoms with Gasteiger partial charge in [-0.15, -0.1) is 11.3 Å². The highest BCUT2D eigenvalue weighted by Crippen LogP contribution is 2.42. The van der Waals surface area contributed by atoms with Gasteiger partial charge in [0.1, 0.15) is 5.01 Å². The van der Waals surface area contributed by atoms with E-state index in [0.717, 1.165) is 25.6 Å². The lowest BCUT2D eigenvalue weighted by molar-refractivity contribution is 0.330. The summed E-state index contributed by atoms with van der Waals surface area (Å²) < 4.78 is 0. The van der Waals surface area contributed by atoms with Gasteiger partial charge in [-0.2, -0.15) is 0 Å². The molecule has 1 aromatic rings. The van der Waals surface area contributed by atoms with Crippen molar-refractivity contribution in [3.05, 3.63) is 15.6 Å². The molecule has 2 fully saturated rings. The van der Waals surface area contributed by atoms with E-state index >= 15 is 0 Å². The van der Waals surface area contributed by atoms with Gasteiger partial charge < -0.3 is 5.32 Å². The number of hydrogen-bond acceptors (Lipinski definition) is 4. The molecule has 1 aliphatic heterocycles. The number of hydrogen-bond donors (Lipinski definition) is 1. The van der Waals surface area contributed by atoms with E-state index in [2.05, 4.69) is 17.1 Å². The smallest absolute Gasteiger partial charge is 0.107 e. The fourth-order valence-corrected chi connectivity index (χ4v) is 3.82. The van der Waals surface area contributed by atoms with Gasteiger partial charge in [0, 0.05) is 17.3 Å². The summed E-state index contributed by atoms with van der Waals surface area (Å²) in [6.07, 6.45) is 5.44. The Labute approximate surface area is 114 Å². The van der Waals surface area contributed by atoms with E-state index in [1.165, 1.54) is 54.4 Å². The Kier molecular flexibility index (Phi) is 3.97. The van der Waals surface area contributed by atoms with Crippen molar-refractivity contribution in [3.63, 3.8) is 0 Å². The van der Waals surface area contributed by atoms with Gasteiger partial charge in [0.2, 0.25) is 0 Å². The van der Waals surface area contributed by atoms with Crippen molar-refractivity contribution in [1.29, 1.82) is 0 Å². The SMILES string of the molecule is CCNCc1sc(CN2CCCC2)nc1C1CC1. The molecule has 1 saturated heterocycles. The third kappa shape index (κ3) is 2.92. The average molecular weight is 265 g/mol. The second-order valence-corrected chi connectivity index (χ2v) is 6.62. The van der Waals surface area contributed by atoms with Gasteiger partial charge in [0.25, 0.3) is 0 Å². The van der Waals surface area contributed by atoms with E-state index in [1.54, 1.807) is 0 Å². The van der Waals surface area contributed by atoms with Gasteiger partial charge in [0.05, 0.1) is 12.2 Å². The van der Waals surface area contributed by atoms with Crippen LogP contribution in [0.1, 0.15) is 54.1 Å². The first-order chi connectivity index (χ1) is 8.86. The number of rotatable bonds is 6. The lowest BCUT2D eigenvalue weighted by atomic mass is 10.2. The van der Waals surface area contributed by atoms with E-state index in [0.29, 0.717) is 0 Å². The van der Waals surface area contributed by atoms with Gasteiger partial charge in [-0.1, -0.05) is 6.92 Å². The van der Waals surface area contributed by atoms with Crippen LogP contribution in [0.2, 0.25) is 0 Å². The molecule has 0 atom stereocenters. The number of nitrogens with zero attached hydrogens (tertiary/aromatic N) is 2. The maximum atomic E-state index is 4.93. The van der Waals surface area contributed by atoms with Crippen LogP contribution in [0.4, 0.5) is 0 Å². The van der Waals surface area contributed by atoms with Gasteiger partial charge in [-0.25, -0.2) is 4.98 Å². The minimum Gasteiger partial charge on any atom is -0.312 e.